The van der Waals surface area contributed by atoms with Crippen LogP contribution in [0.5, 0.6) is 0 Å². The van der Waals surface area contributed by atoms with Crippen molar-refractivity contribution in [2.75, 3.05) is 38.2 Å². The van der Waals surface area contributed by atoms with Crippen LogP contribution in [0.3, 0.4) is 0 Å². The van der Waals surface area contributed by atoms with Crippen LogP contribution < -0.4 is 10.6 Å². The number of nitrogens with one attached hydrogen (secondary N) is 2. The molecule has 29 heavy (non-hydrogen) atoms. The number of aromatic nitrogens is 4. The molecule has 1 saturated carbocycles. The molecule has 0 bridgehead atoms. The summed E-state index contributed by atoms with van der Waals surface area (Å²) in [5.74, 6) is 0.771. The first-order chi connectivity index (χ1) is 14.1. The maximum Gasteiger partial charge on any atom is 0.319 e. The molecule has 1 aromatic heterocycles. The Labute approximate surface area is 170 Å². The van der Waals surface area contributed by atoms with Gasteiger partial charge in [0.05, 0.1) is 19.3 Å². The number of nitrogens with zero attached hydrogens (tertiary/aromatic N) is 5. The summed E-state index contributed by atoms with van der Waals surface area (Å²) in [7, 11) is 0. The van der Waals surface area contributed by atoms with Gasteiger partial charge in [-0.2, -0.15) is 0 Å². The molecule has 9 nitrogen and oxygen atoms in total. The molecule has 156 valence electrons. The Bertz CT molecular complexity index is 828. The summed E-state index contributed by atoms with van der Waals surface area (Å²) < 4.78 is 7.33. The van der Waals surface area contributed by atoms with E-state index >= 15 is 0 Å². The molecule has 1 saturated heterocycles. The lowest BCUT2D eigenvalue weighted by Crippen LogP contribution is -2.57. The third kappa shape index (κ3) is 4.56. The highest BCUT2D eigenvalue weighted by atomic mass is 16.5. The second kappa shape index (κ2) is 8.46. The van der Waals surface area contributed by atoms with E-state index in [1.807, 2.05) is 28.9 Å². The first-order valence-electron chi connectivity index (χ1n) is 10.3. The molecule has 1 aliphatic carbocycles. The second-order valence-corrected chi connectivity index (χ2v) is 8.01. The van der Waals surface area contributed by atoms with E-state index in [0.29, 0.717) is 12.6 Å². The predicted octanol–water partition coefficient (Wildman–Crippen LogP) is 2.30. The molecule has 2 heterocycles. The normalized spacial score (nSPS) is 19.5. The maximum atomic E-state index is 12.4. The van der Waals surface area contributed by atoms with Crippen molar-refractivity contribution in [3.05, 3.63) is 24.3 Å². The lowest BCUT2D eigenvalue weighted by Gasteiger charge is -2.43. The Kier molecular flexibility index (Phi) is 5.77. The van der Waals surface area contributed by atoms with Gasteiger partial charge in [0.15, 0.2) is 5.82 Å². The SMILES string of the molecule is CCC(C)(CNC(=O)Nc1ccc(-c2nnnn2C2CC2)cc1)N1CCOCC1. The third-order valence-corrected chi connectivity index (χ3v) is 5.95. The number of carbonyl (C=O) groups is 1. The molecular weight excluding hydrogens is 370 g/mol. The van der Waals surface area contributed by atoms with E-state index in [1.54, 1.807) is 0 Å². The molecule has 1 atom stereocenters. The Hall–Kier alpha value is -2.52. The Balaban J connectivity index is 1.33. The number of morpholine rings is 1. The average Bonchev–Trinajstić information content (AvgIpc) is 3.49. The molecule has 1 aromatic carbocycles. The largest absolute Gasteiger partial charge is 0.379 e. The highest BCUT2D eigenvalue weighted by Crippen LogP contribution is 2.36. The molecule has 2 aromatic rings. The van der Waals surface area contributed by atoms with E-state index in [4.69, 9.17) is 4.74 Å². The fourth-order valence-electron chi connectivity index (χ4n) is 3.66. The van der Waals surface area contributed by atoms with Gasteiger partial charge >= 0.3 is 6.03 Å². The number of hydrogen-bond donors (Lipinski definition) is 2. The van der Waals surface area contributed by atoms with Crippen molar-refractivity contribution in [2.24, 2.45) is 0 Å². The van der Waals surface area contributed by atoms with Crippen molar-refractivity contribution >= 4 is 11.7 Å². The smallest absolute Gasteiger partial charge is 0.319 e. The van der Waals surface area contributed by atoms with Gasteiger partial charge in [-0.3, -0.25) is 4.90 Å². The van der Waals surface area contributed by atoms with E-state index in [1.165, 1.54) is 0 Å². The van der Waals surface area contributed by atoms with Gasteiger partial charge in [-0.1, -0.05) is 6.92 Å². The molecule has 2 amide bonds. The van der Waals surface area contributed by atoms with Gasteiger partial charge in [-0.15, -0.1) is 5.10 Å². The molecule has 2 aliphatic rings. The molecule has 4 rings (SSSR count). The van der Waals surface area contributed by atoms with Crippen molar-refractivity contribution in [2.45, 2.75) is 44.7 Å². The number of benzene rings is 1. The molecular formula is C20H29N7O2. The number of ether oxygens (including phenoxy) is 1. The highest BCUT2D eigenvalue weighted by Gasteiger charge is 2.31. The predicted molar refractivity (Wildman–Crippen MR) is 110 cm³/mol. The highest BCUT2D eigenvalue weighted by molar-refractivity contribution is 5.89. The van der Waals surface area contributed by atoms with Gasteiger partial charge in [0, 0.05) is 36.4 Å². The van der Waals surface area contributed by atoms with E-state index in [-0.39, 0.29) is 11.6 Å². The van der Waals surface area contributed by atoms with Gasteiger partial charge in [0.2, 0.25) is 0 Å². The van der Waals surface area contributed by atoms with Crippen molar-refractivity contribution in [1.29, 1.82) is 0 Å². The third-order valence-electron chi connectivity index (χ3n) is 5.95. The molecule has 2 N–H and O–H groups in total. The monoisotopic (exact) mass is 399 g/mol. The van der Waals surface area contributed by atoms with Crippen LogP contribution in [-0.4, -0.2) is 69.5 Å². The van der Waals surface area contributed by atoms with Crippen molar-refractivity contribution in [3.8, 4) is 11.4 Å². The van der Waals surface area contributed by atoms with Crippen LogP contribution in [0, 0.1) is 0 Å². The standard InChI is InChI=1S/C20H29N7O2/c1-3-20(2,26-10-12-29-13-11-26)14-21-19(28)22-16-6-4-15(5-7-16)18-23-24-25-27(18)17-8-9-17/h4-7,17H,3,8-14H2,1-2H3,(H2,21,22,28). The fraction of sp³-hybridized carbons (Fsp3) is 0.600. The molecule has 1 unspecified atom stereocenters. The lowest BCUT2D eigenvalue weighted by atomic mass is 9.95. The van der Waals surface area contributed by atoms with E-state index in [9.17, 15) is 4.79 Å². The van der Waals surface area contributed by atoms with Crippen molar-refractivity contribution in [1.82, 2.24) is 30.4 Å². The first kappa shape index (κ1) is 19.8. The quantitative estimate of drug-likeness (QED) is 0.741. The van der Waals surface area contributed by atoms with Gasteiger partial charge < -0.3 is 15.4 Å². The van der Waals surface area contributed by atoms with Crippen LogP contribution >= 0.6 is 0 Å². The maximum absolute atomic E-state index is 12.4. The molecule has 2 fully saturated rings. The summed E-state index contributed by atoms with van der Waals surface area (Å²) in [5.41, 5.74) is 1.60. The summed E-state index contributed by atoms with van der Waals surface area (Å²) in [5, 5.41) is 18.0. The minimum Gasteiger partial charge on any atom is -0.379 e. The molecule has 0 radical (unpaired) electrons. The van der Waals surface area contributed by atoms with Crippen molar-refractivity contribution < 1.29 is 9.53 Å². The van der Waals surface area contributed by atoms with Crippen LogP contribution in [-0.2, 0) is 4.74 Å². The van der Waals surface area contributed by atoms with Gasteiger partial charge in [-0.25, -0.2) is 9.48 Å². The van der Waals surface area contributed by atoms with Crippen LogP contribution in [0.4, 0.5) is 10.5 Å². The Morgan fingerprint density at radius 1 is 1.24 bits per heavy atom. The molecule has 1 aliphatic heterocycles. The van der Waals surface area contributed by atoms with Crippen LogP contribution in [0.1, 0.15) is 39.2 Å². The number of amides is 2. The minimum atomic E-state index is -0.200. The van der Waals surface area contributed by atoms with Crippen LogP contribution in [0.2, 0.25) is 0 Å². The number of hydrogen-bond acceptors (Lipinski definition) is 6. The average molecular weight is 399 g/mol. The topological polar surface area (TPSA) is 97.2 Å². The fourth-order valence-corrected chi connectivity index (χ4v) is 3.66. The zero-order valence-corrected chi connectivity index (χ0v) is 17.1. The number of carbonyl (C=O) groups excluding carboxylic acids is 1. The zero-order chi connectivity index (χ0) is 20.3. The zero-order valence-electron chi connectivity index (χ0n) is 17.1. The van der Waals surface area contributed by atoms with E-state index < -0.39 is 0 Å². The van der Waals surface area contributed by atoms with E-state index in [2.05, 4.69) is 44.9 Å². The second-order valence-electron chi connectivity index (χ2n) is 8.01. The minimum absolute atomic E-state index is 0.0785. The van der Waals surface area contributed by atoms with Crippen LogP contribution in [0.25, 0.3) is 11.4 Å². The van der Waals surface area contributed by atoms with Gasteiger partial charge in [0.1, 0.15) is 0 Å². The van der Waals surface area contributed by atoms with Crippen LogP contribution in [0.15, 0.2) is 24.3 Å². The number of rotatable bonds is 7. The van der Waals surface area contributed by atoms with E-state index in [0.717, 1.165) is 62.6 Å². The van der Waals surface area contributed by atoms with Gasteiger partial charge in [-0.05, 0) is 60.9 Å². The Morgan fingerprint density at radius 2 is 1.97 bits per heavy atom. The summed E-state index contributed by atoms with van der Waals surface area (Å²) in [6.45, 7) is 8.23. The summed E-state index contributed by atoms with van der Waals surface area (Å²) in [4.78, 5) is 14.8. The number of anilines is 1. The summed E-state index contributed by atoms with van der Waals surface area (Å²) in [6.07, 6.45) is 3.20. The first-order valence-corrected chi connectivity index (χ1v) is 10.3. The lowest BCUT2D eigenvalue weighted by molar-refractivity contribution is -0.0163. The molecule has 9 heteroatoms. The summed E-state index contributed by atoms with van der Waals surface area (Å²) >= 11 is 0. The molecule has 0 spiro atoms. The number of tetrazole rings is 1. The summed E-state index contributed by atoms with van der Waals surface area (Å²) in [6, 6.07) is 7.84. The van der Waals surface area contributed by atoms with Crippen molar-refractivity contribution in [3.63, 3.8) is 0 Å². The van der Waals surface area contributed by atoms with Gasteiger partial charge in [0.25, 0.3) is 0 Å². The number of urea groups is 1. The Morgan fingerprint density at radius 3 is 2.62 bits per heavy atom.